The van der Waals surface area contributed by atoms with Crippen molar-refractivity contribution in [3.8, 4) is 0 Å². The first-order chi connectivity index (χ1) is 13.4. The molecule has 1 aliphatic heterocycles. The predicted octanol–water partition coefficient (Wildman–Crippen LogP) is 1.31. The van der Waals surface area contributed by atoms with E-state index in [0.717, 1.165) is 25.7 Å². The minimum absolute atomic E-state index is 0.0203. The van der Waals surface area contributed by atoms with Gasteiger partial charge in [-0.25, -0.2) is 13.2 Å². The van der Waals surface area contributed by atoms with Crippen LogP contribution in [0.15, 0.2) is 29.2 Å². The quantitative estimate of drug-likeness (QED) is 0.710. The lowest BCUT2D eigenvalue weighted by molar-refractivity contribution is -0.129. The van der Waals surface area contributed by atoms with Gasteiger partial charge in [0.2, 0.25) is 10.0 Å². The Hall–Kier alpha value is -1.97. The van der Waals surface area contributed by atoms with E-state index in [1.54, 1.807) is 0 Å². The summed E-state index contributed by atoms with van der Waals surface area (Å²) >= 11 is 0. The minimum Gasteiger partial charge on any atom is -0.449 e. The van der Waals surface area contributed by atoms with E-state index in [0.29, 0.717) is 13.2 Å². The number of carbonyl (C=O) groups is 2. The molecule has 154 valence electrons. The average Bonchev–Trinajstić information content (AvgIpc) is 3.21. The van der Waals surface area contributed by atoms with Crippen molar-refractivity contribution < 1.29 is 27.5 Å². The van der Waals surface area contributed by atoms with Crippen LogP contribution in [0.4, 0.5) is 0 Å². The van der Waals surface area contributed by atoms with E-state index in [-0.39, 0.29) is 35.5 Å². The monoisotopic (exact) mass is 410 g/mol. The minimum atomic E-state index is -3.71. The predicted molar refractivity (Wildman–Crippen MR) is 101 cm³/mol. The lowest BCUT2D eigenvalue weighted by Crippen LogP contribution is -2.41. The van der Waals surface area contributed by atoms with Crippen LogP contribution in [0.1, 0.15) is 43.0 Å². The summed E-state index contributed by atoms with van der Waals surface area (Å²) < 4.78 is 37.2. The largest absolute Gasteiger partial charge is 0.449 e. The van der Waals surface area contributed by atoms with Crippen molar-refractivity contribution in [3.05, 3.63) is 29.8 Å². The summed E-state index contributed by atoms with van der Waals surface area (Å²) in [5, 5.41) is 2.88. The van der Waals surface area contributed by atoms with Crippen LogP contribution in [0.3, 0.4) is 0 Å². The van der Waals surface area contributed by atoms with E-state index in [9.17, 15) is 18.0 Å². The summed E-state index contributed by atoms with van der Waals surface area (Å²) in [5.41, 5.74) is 0.0925. The second-order valence-corrected chi connectivity index (χ2v) is 9.02. The van der Waals surface area contributed by atoms with Crippen molar-refractivity contribution in [1.82, 2.24) is 9.62 Å². The summed E-state index contributed by atoms with van der Waals surface area (Å²) in [5.74, 6) is -1.06. The molecule has 8 nitrogen and oxygen atoms in total. The Kier molecular flexibility index (Phi) is 6.69. The van der Waals surface area contributed by atoms with Gasteiger partial charge in [0.05, 0.1) is 23.7 Å². The van der Waals surface area contributed by atoms with Crippen molar-refractivity contribution in [2.45, 2.75) is 49.6 Å². The zero-order valence-corrected chi connectivity index (χ0v) is 16.7. The molecular formula is C19H26N2O6S. The van der Waals surface area contributed by atoms with Crippen LogP contribution in [-0.4, -0.2) is 63.0 Å². The molecule has 9 heteroatoms. The number of hydrogen-bond donors (Lipinski definition) is 1. The van der Waals surface area contributed by atoms with Crippen molar-refractivity contribution in [2.24, 2.45) is 0 Å². The molecule has 2 fully saturated rings. The number of esters is 1. The molecule has 0 radical (unpaired) electrons. The number of nitrogens with one attached hydrogen (secondary N) is 1. The van der Waals surface area contributed by atoms with Gasteiger partial charge in [-0.3, -0.25) is 4.79 Å². The number of rotatable bonds is 6. The maximum atomic E-state index is 12.7. The number of nitrogens with zero attached hydrogens (tertiary/aromatic N) is 1. The van der Waals surface area contributed by atoms with Gasteiger partial charge in [0, 0.05) is 19.1 Å². The number of hydrogen-bond acceptors (Lipinski definition) is 6. The molecule has 0 spiro atoms. The summed E-state index contributed by atoms with van der Waals surface area (Å²) in [6, 6.07) is 5.83. The molecule has 0 bridgehead atoms. The van der Waals surface area contributed by atoms with Crippen LogP contribution in [0.2, 0.25) is 0 Å². The Bertz CT molecular complexity index is 813. The van der Waals surface area contributed by atoms with Gasteiger partial charge in [0.25, 0.3) is 5.91 Å². The number of amides is 1. The van der Waals surface area contributed by atoms with Crippen molar-refractivity contribution in [1.29, 1.82) is 0 Å². The summed E-state index contributed by atoms with van der Waals surface area (Å²) in [6.07, 6.45) is 3.10. The van der Waals surface area contributed by atoms with Crippen molar-refractivity contribution >= 4 is 21.9 Å². The molecule has 1 atom stereocenters. The molecule has 28 heavy (non-hydrogen) atoms. The van der Waals surface area contributed by atoms with Crippen LogP contribution >= 0.6 is 0 Å². The molecule has 1 aliphatic carbocycles. The fraction of sp³-hybridized carbons (Fsp3) is 0.579. The molecule has 1 amide bonds. The molecule has 0 aromatic heterocycles. The van der Waals surface area contributed by atoms with Gasteiger partial charge in [-0.05, 0) is 38.0 Å². The van der Waals surface area contributed by atoms with Crippen LogP contribution < -0.4 is 5.32 Å². The highest BCUT2D eigenvalue weighted by Gasteiger charge is 2.28. The molecule has 1 saturated carbocycles. The van der Waals surface area contributed by atoms with Crippen LogP contribution in [-0.2, 0) is 24.3 Å². The maximum absolute atomic E-state index is 12.7. The standard InChI is InChI=1S/C19H26N2O6S/c1-14(18(22)20-16-6-2-3-7-16)27-19(23)15-5-4-8-17(13-15)28(24,25)21-9-11-26-12-10-21/h4-5,8,13-14,16H,2-3,6-7,9-12H2,1H3,(H,20,22)/t14-/m1/s1. The topological polar surface area (TPSA) is 102 Å². The number of morpholine rings is 1. The second kappa shape index (κ2) is 9.02. The van der Waals surface area contributed by atoms with E-state index >= 15 is 0 Å². The Morgan fingerprint density at radius 1 is 1.21 bits per heavy atom. The highest BCUT2D eigenvalue weighted by Crippen LogP contribution is 2.20. The third kappa shape index (κ3) is 4.89. The van der Waals surface area contributed by atoms with Crippen molar-refractivity contribution in [2.75, 3.05) is 26.3 Å². The number of benzene rings is 1. The van der Waals surface area contributed by atoms with Gasteiger partial charge in [-0.1, -0.05) is 18.9 Å². The highest BCUT2D eigenvalue weighted by atomic mass is 32.2. The third-order valence-corrected chi connectivity index (χ3v) is 6.93. The van der Waals surface area contributed by atoms with Crippen LogP contribution in [0, 0.1) is 0 Å². The Morgan fingerprint density at radius 3 is 2.57 bits per heavy atom. The second-order valence-electron chi connectivity index (χ2n) is 7.08. The number of carbonyl (C=O) groups excluding carboxylic acids is 2. The maximum Gasteiger partial charge on any atom is 0.338 e. The van der Waals surface area contributed by atoms with Gasteiger partial charge in [0.1, 0.15) is 0 Å². The first-order valence-electron chi connectivity index (χ1n) is 9.57. The lowest BCUT2D eigenvalue weighted by Gasteiger charge is -2.26. The van der Waals surface area contributed by atoms with E-state index in [1.807, 2.05) is 0 Å². The Morgan fingerprint density at radius 2 is 1.89 bits per heavy atom. The molecule has 1 saturated heterocycles. The van der Waals surface area contributed by atoms with E-state index in [4.69, 9.17) is 9.47 Å². The van der Waals surface area contributed by atoms with E-state index < -0.39 is 22.1 Å². The first-order valence-corrected chi connectivity index (χ1v) is 11.0. The van der Waals surface area contributed by atoms with Crippen molar-refractivity contribution in [3.63, 3.8) is 0 Å². The van der Waals surface area contributed by atoms with E-state index in [2.05, 4.69) is 5.32 Å². The number of sulfonamides is 1. The van der Waals surface area contributed by atoms with Crippen LogP contribution in [0.5, 0.6) is 0 Å². The molecule has 1 N–H and O–H groups in total. The SMILES string of the molecule is C[C@@H](OC(=O)c1cccc(S(=O)(=O)N2CCOCC2)c1)C(=O)NC1CCCC1. The molecule has 2 aliphatic rings. The van der Waals surface area contributed by atoms with Gasteiger partial charge >= 0.3 is 5.97 Å². The third-order valence-electron chi connectivity index (χ3n) is 5.03. The molecule has 3 rings (SSSR count). The van der Waals surface area contributed by atoms with Gasteiger partial charge in [-0.2, -0.15) is 4.31 Å². The zero-order chi connectivity index (χ0) is 20.1. The fourth-order valence-corrected chi connectivity index (χ4v) is 4.84. The molecule has 1 aromatic carbocycles. The summed E-state index contributed by atoms with van der Waals surface area (Å²) in [6.45, 7) is 2.74. The average molecular weight is 410 g/mol. The first kappa shape index (κ1) is 20.8. The Balaban J connectivity index is 1.65. The fourth-order valence-electron chi connectivity index (χ4n) is 3.39. The summed E-state index contributed by atoms with van der Waals surface area (Å²) in [7, 11) is -3.71. The zero-order valence-electron chi connectivity index (χ0n) is 15.9. The lowest BCUT2D eigenvalue weighted by atomic mass is 10.2. The van der Waals surface area contributed by atoms with E-state index in [1.165, 1.54) is 35.5 Å². The molecule has 1 aromatic rings. The van der Waals surface area contributed by atoms with Gasteiger partial charge < -0.3 is 14.8 Å². The normalized spacial score (nSPS) is 19.9. The van der Waals surface area contributed by atoms with Gasteiger partial charge in [0.15, 0.2) is 6.10 Å². The number of ether oxygens (including phenoxy) is 2. The van der Waals surface area contributed by atoms with Gasteiger partial charge in [-0.15, -0.1) is 0 Å². The van der Waals surface area contributed by atoms with Crippen LogP contribution in [0.25, 0.3) is 0 Å². The smallest absolute Gasteiger partial charge is 0.338 e. The highest BCUT2D eigenvalue weighted by molar-refractivity contribution is 7.89. The molecule has 1 heterocycles. The Labute approximate surface area is 165 Å². The summed E-state index contributed by atoms with van der Waals surface area (Å²) in [4.78, 5) is 24.6. The molecular weight excluding hydrogens is 384 g/mol. The molecule has 0 unspecified atom stereocenters.